The van der Waals surface area contributed by atoms with Crippen molar-refractivity contribution in [3.63, 3.8) is 0 Å². The normalized spacial score (nSPS) is 34.3. The Morgan fingerprint density at radius 2 is 2.40 bits per heavy atom. The zero-order valence-electron chi connectivity index (χ0n) is 9.75. The highest BCUT2D eigenvalue weighted by Crippen LogP contribution is 2.24. The predicted molar refractivity (Wildman–Crippen MR) is 65.5 cm³/mol. The molecule has 2 aliphatic rings. The van der Waals surface area contributed by atoms with Gasteiger partial charge in [-0.25, -0.2) is 0 Å². The van der Waals surface area contributed by atoms with Crippen LogP contribution in [0.4, 0.5) is 0 Å². The second-order valence-electron chi connectivity index (χ2n) is 5.02. The molecule has 2 rings (SSSR count). The van der Waals surface area contributed by atoms with E-state index in [0.717, 1.165) is 23.9 Å². The minimum atomic E-state index is 0.194. The largest absolute Gasteiger partial charge is 0.376 e. The van der Waals surface area contributed by atoms with Gasteiger partial charge >= 0.3 is 0 Å². The van der Waals surface area contributed by atoms with E-state index in [1.54, 1.807) is 0 Å². The van der Waals surface area contributed by atoms with Crippen molar-refractivity contribution >= 4 is 16.9 Å². The molecule has 0 aromatic carbocycles. The van der Waals surface area contributed by atoms with E-state index in [1.807, 2.05) is 11.8 Å². The van der Waals surface area contributed by atoms with Gasteiger partial charge in [0, 0.05) is 17.9 Å². The average molecular weight is 228 g/mol. The van der Waals surface area contributed by atoms with Crippen LogP contribution in [-0.4, -0.2) is 35.2 Å². The molecule has 4 heteroatoms. The van der Waals surface area contributed by atoms with Crippen molar-refractivity contribution in [3.8, 4) is 0 Å². The van der Waals surface area contributed by atoms with Gasteiger partial charge in [-0.05, 0) is 33.6 Å². The molecule has 2 atom stereocenters. The summed E-state index contributed by atoms with van der Waals surface area (Å²) in [6.45, 7) is 7.47. The number of hydrogen-bond acceptors (Lipinski definition) is 3. The zero-order valence-corrected chi connectivity index (χ0v) is 10.6. The van der Waals surface area contributed by atoms with E-state index in [1.165, 1.54) is 6.42 Å². The van der Waals surface area contributed by atoms with Crippen molar-refractivity contribution in [2.75, 3.05) is 12.4 Å². The number of ether oxygens (including phenoxy) is 1. The fraction of sp³-hybridized carbons (Fsp3) is 0.909. The number of nitrogens with one attached hydrogen (secondary N) is 1. The van der Waals surface area contributed by atoms with Crippen molar-refractivity contribution in [2.45, 2.75) is 51.3 Å². The van der Waals surface area contributed by atoms with E-state index in [-0.39, 0.29) is 11.6 Å². The minimum Gasteiger partial charge on any atom is -0.376 e. The van der Waals surface area contributed by atoms with Gasteiger partial charge in [-0.1, -0.05) is 11.8 Å². The molecule has 0 aliphatic carbocycles. The van der Waals surface area contributed by atoms with Crippen LogP contribution in [-0.2, 0) is 4.74 Å². The third-order valence-electron chi connectivity index (χ3n) is 2.84. The summed E-state index contributed by atoms with van der Waals surface area (Å²) < 4.78 is 5.63. The molecule has 2 saturated heterocycles. The van der Waals surface area contributed by atoms with E-state index in [2.05, 4.69) is 26.1 Å². The summed E-state index contributed by atoms with van der Waals surface area (Å²) in [5.74, 6) is 1.10. The standard InChI is InChI=1S/C11H20N2OS/c1-8(9-5-4-6-14-9)12-10-13-11(2,3)7-15-10/h8-9H,4-7H2,1-3H3,(H,12,13). The molecule has 0 saturated carbocycles. The van der Waals surface area contributed by atoms with E-state index < -0.39 is 0 Å². The number of hydrogen-bond donors (Lipinski definition) is 1. The maximum absolute atomic E-state index is 5.63. The molecule has 2 aliphatic heterocycles. The third-order valence-corrected chi connectivity index (χ3v) is 4.19. The molecule has 86 valence electrons. The number of nitrogens with zero attached hydrogens (tertiary/aromatic N) is 1. The molecule has 3 nitrogen and oxygen atoms in total. The molecule has 2 heterocycles. The Balaban J connectivity index is 1.92. The highest BCUT2D eigenvalue weighted by Gasteiger charge is 2.29. The molecule has 0 radical (unpaired) electrons. The van der Waals surface area contributed by atoms with Crippen LogP contribution in [0.2, 0.25) is 0 Å². The highest BCUT2D eigenvalue weighted by atomic mass is 32.2. The van der Waals surface area contributed by atoms with Gasteiger partial charge in [0.25, 0.3) is 0 Å². The maximum atomic E-state index is 5.63. The van der Waals surface area contributed by atoms with E-state index in [9.17, 15) is 0 Å². The van der Waals surface area contributed by atoms with Gasteiger partial charge in [0.2, 0.25) is 0 Å². The van der Waals surface area contributed by atoms with Gasteiger partial charge in [-0.15, -0.1) is 0 Å². The Bertz CT molecular complexity index is 259. The van der Waals surface area contributed by atoms with Crippen molar-refractivity contribution in [3.05, 3.63) is 0 Å². The highest BCUT2D eigenvalue weighted by molar-refractivity contribution is 8.14. The van der Waals surface area contributed by atoms with E-state index >= 15 is 0 Å². The first-order valence-corrected chi connectivity index (χ1v) is 6.66. The lowest BCUT2D eigenvalue weighted by atomic mass is 10.1. The van der Waals surface area contributed by atoms with Gasteiger partial charge < -0.3 is 10.1 Å². The van der Waals surface area contributed by atoms with Crippen LogP contribution >= 0.6 is 11.8 Å². The Hall–Kier alpha value is -0.220. The maximum Gasteiger partial charge on any atom is 0.157 e. The summed E-state index contributed by atoms with van der Waals surface area (Å²) in [5.41, 5.74) is 0.194. The van der Waals surface area contributed by atoms with Crippen molar-refractivity contribution in [2.24, 2.45) is 4.99 Å². The Kier molecular flexibility index (Phi) is 3.26. The van der Waals surface area contributed by atoms with Crippen molar-refractivity contribution in [1.82, 2.24) is 5.32 Å². The Morgan fingerprint density at radius 3 is 2.93 bits per heavy atom. The van der Waals surface area contributed by atoms with Gasteiger partial charge in [-0.2, -0.15) is 0 Å². The van der Waals surface area contributed by atoms with Crippen LogP contribution < -0.4 is 5.32 Å². The first-order chi connectivity index (χ1) is 7.07. The first kappa shape index (κ1) is 11.3. The van der Waals surface area contributed by atoms with Gasteiger partial charge in [0.1, 0.15) is 0 Å². The Morgan fingerprint density at radius 1 is 1.60 bits per heavy atom. The molecule has 0 amide bonds. The SMILES string of the molecule is CC(N=C1NC(C)(C)CS1)C1CCCO1. The molecule has 0 bridgehead atoms. The lowest BCUT2D eigenvalue weighted by Gasteiger charge is -2.18. The molecule has 15 heavy (non-hydrogen) atoms. The fourth-order valence-electron chi connectivity index (χ4n) is 1.93. The predicted octanol–water partition coefficient (Wildman–Crippen LogP) is 2.02. The number of rotatable bonds is 2. The van der Waals surface area contributed by atoms with Crippen molar-refractivity contribution in [1.29, 1.82) is 0 Å². The lowest BCUT2D eigenvalue weighted by Crippen LogP contribution is -2.37. The fourth-order valence-corrected chi connectivity index (χ4v) is 3.09. The zero-order chi connectivity index (χ0) is 10.9. The van der Waals surface area contributed by atoms with E-state index in [4.69, 9.17) is 9.73 Å². The molecule has 0 aromatic rings. The van der Waals surface area contributed by atoms with Crippen LogP contribution in [0, 0.1) is 0 Å². The number of aliphatic imine (C=N–C) groups is 1. The van der Waals surface area contributed by atoms with Crippen LogP contribution in [0.3, 0.4) is 0 Å². The summed E-state index contributed by atoms with van der Waals surface area (Å²) in [6.07, 6.45) is 2.68. The monoisotopic (exact) mass is 228 g/mol. The summed E-state index contributed by atoms with van der Waals surface area (Å²) in [4.78, 5) is 4.70. The second kappa shape index (κ2) is 4.34. The smallest absolute Gasteiger partial charge is 0.157 e. The molecule has 0 spiro atoms. The van der Waals surface area contributed by atoms with Crippen LogP contribution in [0.5, 0.6) is 0 Å². The van der Waals surface area contributed by atoms with Crippen LogP contribution in [0.1, 0.15) is 33.6 Å². The quantitative estimate of drug-likeness (QED) is 0.785. The molecule has 0 aromatic heterocycles. The second-order valence-corrected chi connectivity index (χ2v) is 5.99. The minimum absolute atomic E-state index is 0.194. The molecular formula is C11H20N2OS. The third kappa shape index (κ3) is 2.88. The summed E-state index contributed by atoms with van der Waals surface area (Å²) in [6, 6.07) is 0.288. The lowest BCUT2D eigenvalue weighted by molar-refractivity contribution is 0.0953. The average Bonchev–Trinajstić information content (AvgIpc) is 2.74. The van der Waals surface area contributed by atoms with Gasteiger partial charge in [-0.3, -0.25) is 4.99 Å². The van der Waals surface area contributed by atoms with Crippen LogP contribution in [0.25, 0.3) is 0 Å². The topological polar surface area (TPSA) is 33.6 Å². The Labute approximate surface area is 96.1 Å². The summed E-state index contributed by atoms with van der Waals surface area (Å²) in [7, 11) is 0. The summed E-state index contributed by atoms with van der Waals surface area (Å²) in [5, 5.41) is 4.53. The van der Waals surface area contributed by atoms with Crippen molar-refractivity contribution < 1.29 is 4.74 Å². The van der Waals surface area contributed by atoms with Crippen LogP contribution in [0.15, 0.2) is 4.99 Å². The van der Waals surface area contributed by atoms with Gasteiger partial charge in [0.15, 0.2) is 5.17 Å². The molecule has 1 N–H and O–H groups in total. The number of amidine groups is 1. The number of thioether (sulfide) groups is 1. The van der Waals surface area contributed by atoms with Gasteiger partial charge in [0.05, 0.1) is 12.1 Å². The molecular weight excluding hydrogens is 208 g/mol. The molecule has 2 fully saturated rings. The summed E-state index contributed by atoms with van der Waals surface area (Å²) >= 11 is 1.82. The molecule has 2 unspecified atom stereocenters. The van der Waals surface area contributed by atoms with E-state index in [0.29, 0.717) is 6.10 Å². The first-order valence-electron chi connectivity index (χ1n) is 5.67.